The lowest BCUT2D eigenvalue weighted by Gasteiger charge is -2.07. The molecular weight excluding hydrogens is 356 g/mol. The molecule has 9 heteroatoms. The van der Waals surface area contributed by atoms with Gasteiger partial charge in [0.1, 0.15) is 0 Å². The quantitative estimate of drug-likeness (QED) is 0.465. The lowest BCUT2D eigenvalue weighted by atomic mass is 10.2. The summed E-state index contributed by atoms with van der Waals surface area (Å²) in [7, 11) is 0. The number of ketones is 1. The molecule has 3 rings (SSSR count). The lowest BCUT2D eigenvalue weighted by molar-refractivity contribution is 0.102. The predicted octanol–water partition coefficient (Wildman–Crippen LogP) is 3.17. The standard InChI is InChI=1S/C16H20N6OS2/c1-10(2)8-21-16(18-19-20-21)25-9-14(23)13-7-11(3)22(12(13)4)15-17-5-6-24-15/h5-7,10H,8-9H2,1-4H3. The third-order valence-corrected chi connectivity index (χ3v) is 5.43. The molecular formula is C16H20N6OS2. The first-order valence-corrected chi connectivity index (χ1v) is 9.85. The molecule has 0 radical (unpaired) electrons. The Balaban J connectivity index is 1.75. The molecule has 132 valence electrons. The fourth-order valence-electron chi connectivity index (χ4n) is 2.63. The Morgan fingerprint density at radius 3 is 2.84 bits per heavy atom. The van der Waals surface area contributed by atoms with Crippen LogP contribution in [0.2, 0.25) is 0 Å². The van der Waals surface area contributed by atoms with E-state index in [4.69, 9.17) is 0 Å². The fourth-order valence-corrected chi connectivity index (χ4v) is 4.16. The molecule has 3 heterocycles. The highest BCUT2D eigenvalue weighted by molar-refractivity contribution is 7.99. The first kappa shape index (κ1) is 17.8. The zero-order chi connectivity index (χ0) is 18.0. The van der Waals surface area contributed by atoms with Gasteiger partial charge in [0.25, 0.3) is 0 Å². The molecule has 0 unspecified atom stereocenters. The minimum atomic E-state index is 0.0694. The van der Waals surface area contributed by atoms with Crippen molar-refractivity contribution in [1.82, 2.24) is 29.8 Å². The van der Waals surface area contributed by atoms with E-state index in [9.17, 15) is 4.79 Å². The molecule has 0 aliphatic carbocycles. The van der Waals surface area contributed by atoms with Crippen LogP contribution in [-0.4, -0.2) is 41.3 Å². The summed E-state index contributed by atoms with van der Waals surface area (Å²) in [5.41, 5.74) is 2.65. The number of carbonyl (C=O) groups excluding carboxylic acids is 1. The molecule has 0 fully saturated rings. The Hall–Kier alpha value is -2.00. The number of Topliss-reactive ketones (excluding diaryl/α,β-unsaturated/α-hetero) is 1. The second kappa shape index (κ2) is 7.49. The van der Waals surface area contributed by atoms with Crippen LogP contribution < -0.4 is 0 Å². The normalized spacial score (nSPS) is 11.4. The average molecular weight is 377 g/mol. The van der Waals surface area contributed by atoms with E-state index in [1.165, 1.54) is 11.8 Å². The Morgan fingerprint density at radius 1 is 1.36 bits per heavy atom. The fraction of sp³-hybridized carbons (Fsp3) is 0.438. The van der Waals surface area contributed by atoms with Gasteiger partial charge in [-0.3, -0.25) is 9.36 Å². The van der Waals surface area contributed by atoms with Crippen LogP contribution in [0.3, 0.4) is 0 Å². The van der Waals surface area contributed by atoms with E-state index >= 15 is 0 Å². The summed E-state index contributed by atoms with van der Waals surface area (Å²) in [6.07, 6.45) is 1.77. The number of carbonyl (C=O) groups is 1. The average Bonchev–Trinajstić information content (AvgIpc) is 3.26. The van der Waals surface area contributed by atoms with Gasteiger partial charge in [-0.05, 0) is 36.3 Å². The molecule has 0 aromatic carbocycles. The summed E-state index contributed by atoms with van der Waals surface area (Å²) >= 11 is 2.93. The minimum absolute atomic E-state index is 0.0694. The number of tetrazole rings is 1. The van der Waals surface area contributed by atoms with Gasteiger partial charge < -0.3 is 0 Å². The zero-order valence-electron chi connectivity index (χ0n) is 14.6. The molecule has 0 amide bonds. The van der Waals surface area contributed by atoms with Gasteiger partial charge in [-0.15, -0.1) is 16.4 Å². The Bertz CT molecular complexity index is 865. The SMILES string of the molecule is Cc1cc(C(=O)CSc2nnnn2CC(C)C)c(C)n1-c1nccs1. The molecule has 3 aromatic rings. The third kappa shape index (κ3) is 3.82. The summed E-state index contributed by atoms with van der Waals surface area (Å²) in [4.78, 5) is 17.0. The van der Waals surface area contributed by atoms with Crippen LogP contribution in [-0.2, 0) is 6.54 Å². The maximum Gasteiger partial charge on any atom is 0.209 e. The Morgan fingerprint density at radius 2 is 2.16 bits per heavy atom. The summed E-state index contributed by atoms with van der Waals surface area (Å²) in [5, 5.41) is 15.2. The monoisotopic (exact) mass is 376 g/mol. The third-order valence-electron chi connectivity index (χ3n) is 3.71. The predicted molar refractivity (Wildman–Crippen MR) is 98.6 cm³/mol. The van der Waals surface area contributed by atoms with Crippen molar-refractivity contribution in [3.63, 3.8) is 0 Å². The van der Waals surface area contributed by atoms with Crippen molar-refractivity contribution in [1.29, 1.82) is 0 Å². The second-order valence-corrected chi connectivity index (χ2v) is 8.00. The smallest absolute Gasteiger partial charge is 0.209 e. The van der Waals surface area contributed by atoms with Gasteiger partial charge in [-0.1, -0.05) is 25.6 Å². The van der Waals surface area contributed by atoms with Gasteiger partial charge in [0.15, 0.2) is 10.9 Å². The summed E-state index contributed by atoms with van der Waals surface area (Å²) < 4.78 is 3.77. The molecule has 0 aliphatic heterocycles. The first-order valence-electron chi connectivity index (χ1n) is 7.98. The molecule has 0 spiro atoms. The van der Waals surface area contributed by atoms with E-state index in [1.807, 2.05) is 29.9 Å². The van der Waals surface area contributed by atoms with E-state index in [0.29, 0.717) is 16.8 Å². The Kier molecular flexibility index (Phi) is 5.33. The van der Waals surface area contributed by atoms with Crippen molar-refractivity contribution < 1.29 is 4.79 Å². The summed E-state index contributed by atoms with van der Waals surface area (Å²) in [5.74, 6) is 0.816. The van der Waals surface area contributed by atoms with Crippen LogP contribution >= 0.6 is 23.1 Å². The number of nitrogens with zero attached hydrogens (tertiary/aromatic N) is 6. The molecule has 0 bridgehead atoms. The van der Waals surface area contributed by atoms with Crippen LogP contribution in [0.25, 0.3) is 5.13 Å². The van der Waals surface area contributed by atoms with Gasteiger partial charge in [-0.2, -0.15) is 0 Å². The van der Waals surface area contributed by atoms with Crippen LogP contribution in [0, 0.1) is 19.8 Å². The maximum absolute atomic E-state index is 12.7. The van der Waals surface area contributed by atoms with Crippen LogP contribution in [0.1, 0.15) is 35.6 Å². The highest BCUT2D eigenvalue weighted by Crippen LogP contribution is 2.24. The largest absolute Gasteiger partial charge is 0.294 e. The van der Waals surface area contributed by atoms with Crippen molar-refractivity contribution >= 4 is 28.9 Å². The highest BCUT2D eigenvalue weighted by Gasteiger charge is 2.19. The number of thioether (sulfide) groups is 1. The van der Waals surface area contributed by atoms with Crippen molar-refractivity contribution in [2.45, 2.75) is 39.4 Å². The van der Waals surface area contributed by atoms with Gasteiger partial charge >= 0.3 is 0 Å². The van der Waals surface area contributed by atoms with Crippen LogP contribution in [0.5, 0.6) is 0 Å². The molecule has 0 aliphatic rings. The topological polar surface area (TPSA) is 78.5 Å². The van der Waals surface area contributed by atoms with Gasteiger partial charge in [-0.25, -0.2) is 9.67 Å². The van der Waals surface area contributed by atoms with E-state index in [-0.39, 0.29) is 5.78 Å². The zero-order valence-corrected chi connectivity index (χ0v) is 16.3. The molecule has 0 N–H and O–H groups in total. The van der Waals surface area contributed by atoms with Crippen molar-refractivity contribution in [2.75, 3.05) is 5.75 Å². The van der Waals surface area contributed by atoms with Gasteiger partial charge in [0.05, 0.1) is 5.75 Å². The van der Waals surface area contributed by atoms with Gasteiger partial charge in [0.2, 0.25) is 5.16 Å². The van der Waals surface area contributed by atoms with E-state index in [2.05, 4.69) is 34.4 Å². The molecule has 7 nitrogen and oxygen atoms in total. The van der Waals surface area contributed by atoms with Crippen LogP contribution in [0.4, 0.5) is 0 Å². The van der Waals surface area contributed by atoms with Crippen molar-refractivity contribution in [3.05, 3.63) is 34.6 Å². The van der Waals surface area contributed by atoms with E-state index in [0.717, 1.165) is 28.6 Å². The molecule has 0 atom stereocenters. The maximum atomic E-state index is 12.7. The summed E-state index contributed by atoms with van der Waals surface area (Å²) in [6, 6.07) is 1.93. The first-order chi connectivity index (χ1) is 12.0. The van der Waals surface area contributed by atoms with Crippen molar-refractivity contribution in [3.8, 4) is 5.13 Å². The summed E-state index contributed by atoms with van der Waals surface area (Å²) in [6.45, 7) is 8.89. The lowest BCUT2D eigenvalue weighted by Crippen LogP contribution is -2.10. The van der Waals surface area contributed by atoms with Gasteiger partial charge in [0, 0.05) is 35.1 Å². The number of hydrogen-bond donors (Lipinski definition) is 0. The molecule has 0 saturated carbocycles. The number of thiazole rings is 1. The number of hydrogen-bond acceptors (Lipinski definition) is 7. The van der Waals surface area contributed by atoms with E-state index < -0.39 is 0 Å². The number of rotatable bonds is 7. The highest BCUT2D eigenvalue weighted by atomic mass is 32.2. The Labute approximate surface area is 154 Å². The number of aromatic nitrogens is 6. The van der Waals surface area contributed by atoms with E-state index in [1.54, 1.807) is 22.2 Å². The molecule has 25 heavy (non-hydrogen) atoms. The second-order valence-electron chi connectivity index (χ2n) is 6.18. The minimum Gasteiger partial charge on any atom is -0.294 e. The molecule has 0 saturated heterocycles. The number of aryl methyl sites for hydroxylation is 1. The van der Waals surface area contributed by atoms with Crippen molar-refractivity contribution in [2.24, 2.45) is 5.92 Å². The molecule has 3 aromatic heterocycles. The van der Waals surface area contributed by atoms with Crippen LogP contribution in [0.15, 0.2) is 22.8 Å².